The van der Waals surface area contributed by atoms with E-state index in [1.54, 1.807) is 16.9 Å². The third-order valence-electron chi connectivity index (χ3n) is 3.33. The van der Waals surface area contributed by atoms with Crippen LogP contribution >= 0.6 is 11.3 Å². The minimum atomic E-state index is 0.613. The van der Waals surface area contributed by atoms with Gasteiger partial charge in [0.05, 0.1) is 12.2 Å². The summed E-state index contributed by atoms with van der Waals surface area (Å²) >= 11 is 1.48. The fourth-order valence-electron chi connectivity index (χ4n) is 2.33. The highest BCUT2D eigenvalue weighted by molar-refractivity contribution is 7.19. The number of hydrogen-bond donors (Lipinski definition) is 0. The van der Waals surface area contributed by atoms with E-state index in [9.17, 15) is 0 Å². The second-order valence-electron chi connectivity index (χ2n) is 4.80. The average molecular weight is 323 g/mol. The van der Waals surface area contributed by atoms with Crippen LogP contribution in [0.3, 0.4) is 0 Å². The molecule has 0 spiro atoms. The summed E-state index contributed by atoms with van der Waals surface area (Å²) in [6, 6.07) is 11.7. The molecule has 114 valence electrons. The first-order valence-electron chi connectivity index (χ1n) is 7.21. The standard InChI is InChI=1S/C16H13N5OS/c1-2-22-13-8-4-3-7-12(13)15-20-21-14(18-19-16(21)23-15)11-6-5-9-17-10-11/h3-10H,2H2,1H3. The zero-order chi connectivity index (χ0) is 15.6. The number of pyridine rings is 1. The Morgan fingerprint density at radius 1 is 1.13 bits per heavy atom. The van der Waals surface area contributed by atoms with Gasteiger partial charge in [-0.25, -0.2) is 0 Å². The van der Waals surface area contributed by atoms with E-state index >= 15 is 0 Å². The van der Waals surface area contributed by atoms with Crippen LogP contribution < -0.4 is 4.74 Å². The number of nitrogens with zero attached hydrogens (tertiary/aromatic N) is 5. The number of para-hydroxylation sites is 1. The molecule has 4 aromatic rings. The second kappa shape index (κ2) is 5.77. The zero-order valence-electron chi connectivity index (χ0n) is 12.4. The Labute approximate surface area is 136 Å². The van der Waals surface area contributed by atoms with E-state index < -0.39 is 0 Å². The predicted molar refractivity (Wildman–Crippen MR) is 88.5 cm³/mol. The van der Waals surface area contributed by atoms with Crippen LogP contribution in [0.4, 0.5) is 0 Å². The van der Waals surface area contributed by atoms with Crippen LogP contribution in [0.1, 0.15) is 6.92 Å². The van der Waals surface area contributed by atoms with Crippen molar-refractivity contribution in [1.82, 2.24) is 24.8 Å². The average Bonchev–Trinajstić information content (AvgIpc) is 3.17. The summed E-state index contributed by atoms with van der Waals surface area (Å²) in [6.07, 6.45) is 3.48. The van der Waals surface area contributed by atoms with Gasteiger partial charge in [0.25, 0.3) is 0 Å². The van der Waals surface area contributed by atoms with Crippen molar-refractivity contribution in [2.45, 2.75) is 6.92 Å². The van der Waals surface area contributed by atoms with Crippen molar-refractivity contribution in [2.24, 2.45) is 0 Å². The molecule has 0 radical (unpaired) electrons. The van der Waals surface area contributed by atoms with E-state index in [1.807, 2.05) is 43.3 Å². The molecule has 0 aliphatic heterocycles. The lowest BCUT2D eigenvalue weighted by atomic mass is 10.2. The lowest BCUT2D eigenvalue weighted by molar-refractivity contribution is 0.341. The van der Waals surface area contributed by atoms with Gasteiger partial charge in [0.1, 0.15) is 5.75 Å². The van der Waals surface area contributed by atoms with Gasteiger partial charge in [-0.2, -0.15) is 9.61 Å². The van der Waals surface area contributed by atoms with Crippen molar-refractivity contribution < 1.29 is 4.74 Å². The van der Waals surface area contributed by atoms with Gasteiger partial charge in [-0.05, 0) is 31.2 Å². The van der Waals surface area contributed by atoms with Crippen molar-refractivity contribution in [3.63, 3.8) is 0 Å². The maximum Gasteiger partial charge on any atom is 0.235 e. The molecule has 0 aliphatic rings. The summed E-state index contributed by atoms with van der Waals surface area (Å²) in [7, 11) is 0. The van der Waals surface area contributed by atoms with Crippen LogP contribution in [0.2, 0.25) is 0 Å². The quantitative estimate of drug-likeness (QED) is 0.576. The summed E-state index contributed by atoms with van der Waals surface area (Å²) in [5, 5.41) is 13.9. The number of fused-ring (bicyclic) bond motifs is 1. The van der Waals surface area contributed by atoms with Gasteiger partial charge in [-0.3, -0.25) is 4.98 Å². The van der Waals surface area contributed by atoms with Crippen LogP contribution in [-0.4, -0.2) is 31.4 Å². The van der Waals surface area contributed by atoms with Crippen LogP contribution in [0.25, 0.3) is 26.9 Å². The lowest BCUT2D eigenvalue weighted by Crippen LogP contribution is -1.95. The van der Waals surface area contributed by atoms with E-state index in [1.165, 1.54) is 11.3 Å². The molecule has 3 heterocycles. The maximum absolute atomic E-state index is 5.69. The molecular weight excluding hydrogens is 310 g/mol. The van der Waals surface area contributed by atoms with Crippen molar-refractivity contribution in [1.29, 1.82) is 0 Å². The Bertz CT molecular complexity index is 947. The normalized spacial score (nSPS) is 11.0. The highest BCUT2D eigenvalue weighted by Crippen LogP contribution is 2.33. The van der Waals surface area contributed by atoms with Gasteiger partial charge < -0.3 is 4.74 Å². The molecule has 0 N–H and O–H groups in total. The molecule has 23 heavy (non-hydrogen) atoms. The molecule has 0 bridgehead atoms. The highest BCUT2D eigenvalue weighted by Gasteiger charge is 2.16. The van der Waals surface area contributed by atoms with Gasteiger partial charge in [0.15, 0.2) is 10.8 Å². The first-order valence-corrected chi connectivity index (χ1v) is 8.03. The monoisotopic (exact) mass is 323 g/mol. The summed E-state index contributed by atoms with van der Waals surface area (Å²) in [5.74, 6) is 1.51. The number of aromatic nitrogens is 5. The van der Waals surface area contributed by atoms with Gasteiger partial charge in [0.2, 0.25) is 4.96 Å². The van der Waals surface area contributed by atoms with Crippen LogP contribution in [0.5, 0.6) is 5.75 Å². The summed E-state index contributed by atoms with van der Waals surface area (Å²) in [5.41, 5.74) is 1.84. The topological polar surface area (TPSA) is 65.2 Å². The predicted octanol–water partition coefficient (Wildman–Crippen LogP) is 3.31. The number of benzene rings is 1. The van der Waals surface area contributed by atoms with Crippen LogP contribution in [0, 0.1) is 0 Å². The Hall–Kier alpha value is -2.80. The van der Waals surface area contributed by atoms with Crippen molar-refractivity contribution in [3.05, 3.63) is 48.8 Å². The number of rotatable bonds is 4. The molecule has 3 aromatic heterocycles. The molecule has 0 unspecified atom stereocenters. The zero-order valence-corrected chi connectivity index (χ0v) is 13.2. The van der Waals surface area contributed by atoms with E-state index in [4.69, 9.17) is 4.74 Å². The van der Waals surface area contributed by atoms with Crippen molar-refractivity contribution in [3.8, 4) is 27.7 Å². The highest BCUT2D eigenvalue weighted by atomic mass is 32.1. The molecule has 6 nitrogen and oxygen atoms in total. The first-order chi connectivity index (χ1) is 11.4. The Morgan fingerprint density at radius 3 is 2.87 bits per heavy atom. The molecule has 0 aliphatic carbocycles. The van der Waals surface area contributed by atoms with Crippen LogP contribution in [0.15, 0.2) is 48.8 Å². The molecule has 1 aromatic carbocycles. The molecule has 0 saturated heterocycles. The van der Waals surface area contributed by atoms with E-state index in [-0.39, 0.29) is 0 Å². The van der Waals surface area contributed by atoms with Crippen molar-refractivity contribution >= 4 is 16.3 Å². The van der Waals surface area contributed by atoms with Gasteiger partial charge in [0, 0.05) is 18.0 Å². The molecular formula is C16H13N5OS. The molecule has 4 rings (SSSR count). The van der Waals surface area contributed by atoms with E-state index in [2.05, 4.69) is 20.3 Å². The molecule has 0 saturated carbocycles. The molecule has 7 heteroatoms. The smallest absolute Gasteiger partial charge is 0.235 e. The van der Waals surface area contributed by atoms with Crippen molar-refractivity contribution in [2.75, 3.05) is 6.61 Å². The van der Waals surface area contributed by atoms with Gasteiger partial charge in [-0.15, -0.1) is 10.2 Å². The summed E-state index contributed by atoms with van der Waals surface area (Å²) in [6.45, 7) is 2.58. The van der Waals surface area contributed by atoms with Gasteiger partial charge >= 0.3 is 0 Å². The Balaban J connectivity index is 1.84. The molecule has 0 amide bonds. The fourth-order valence-corrected chi connectivity index (χ4v) is 3.19. The molecule has 0 atom stereocenters. The minimum absolute atomic E-state index is 0.613. The van der Waals surface area contributed by atoms with E-state index in [0.717, 1.165) is 26.8 Å². The fraction of sp³-hybridized carbons (Fsp3) is 0.125. The Morgan fingerprint density at radius 2 is 2.04 bits per heavy atom. The van der Waals surface area contributed by atoms with Gasteiger partial charge in [-0.1, -0.05) is 23.5 Å². The van der Waals surface area contributed by atoms with E-state index in [0.29, 0.717) is 12.4 Å². The number of hydrogen-bond acceptors (Lipinski definition) is 6. The third-order valence-corrected chi connectivity index (χ3v) is 4.26. The number of ether oxygens (including phenoxy) is 1. The minimum Gasteiger partial charge on any atom is -0.493 e. The first kappa shape index (κ1) is 13.8. The second-order valence-corrected chi connectivity index (χ2v) is 5.75. The summed E-state index contributed by atoms with van der Waals surface area (Å²) in [4.78, 5) is 4.87. The summed E-state index contributed by atoms with van der Waals surface area (Å²) < 4.78 is 7.44. The third kappa shape index (κ3) is 2.44. The maximum atomic E-state index is 5.69. The Kier molecular flexibility index (Phi) is 3.47. The SMILES string of the molecule is CCOc1ccccc1-c1nn2c(-c3cccnc3)nnc2s1. The lowest BCUT2D eigenvalue weighted by Gasteiger charge is -2.06. The molecule has 0 fully saturated rings. The largest absolute Gasteiger partial charge is 0.493 e. The van der Waals surface area contributed by atoms with Crippen LogP contribution in [-0.2, 0) is 0 Å².